The van der Waals surface area contributed by atoms with Crippen LogP contribution in [0.5, 0.6) is 17.2 Å². The summed E-state index contributed by atoms with van der Waals surface area (Å²) in [5.41, 5.74) is 7.06. The number of aliphatic carboxylic acids is 2. The number of aliphatic hydroxyl groups is 1. The van der Waals surface area contributed by atoms with Crippen LogP contribution in [0.3, 0.4) is 0 Å². The smallest absolute Gasteiger partial charge is 0.328 e. The predicted molar refractivity (Wildman–Crippen MR) is 473 cm³/mol. The molecule has 0 aliphatic heterocycles. The van der Waals surface area contributed by atoms with Crippen LogP contribution >= 0.6 is 50.7 Å². The van der Waals surface area contributed by atoms with E-state index in [9.17, 15) is 67.5 Å². The van der Waals surface area contributed by atoms with Crippen molar-refractivity contribution in [2.45, 2.75) is 107 Å². The molecule has 4 atom stereocenters. The molecule has 12 aromatic carbocycles. The van der Waals surface area contributed by atoms with E-state index in [1.807, 2.05) is 31.2 Å². The van der Waals surface area contributed by atoms with Gasteiger partial charge in [-0.3, -0.25) is 14.4 Å². The molecule has 0 fully saturated rings. The van der Waals surface area contributed by atoms with Crippen LogP contribution in [0.15, 0.2) is 297 Å². The minimum absolute atomic E-state index is 0.0451. The standard InChI is InChI=1S/C24H18F2O3.C16H16F2O.C15H13ClF2O.C9H9BrClF.C9H10ClF.C9H9FO2.C9H7FO2.C9H11FO/c25-16-6-3-5-15(13-16)22(29-18-8-4-7-17(26)14-18)12-11-21-23(27)19-9-1-2-10-20(19)24(21)28;1-2-5-16(12-6-3-7-13(17)10-12)19-15-9-4-8-14(18)11-15;16-8-7-15(11-3-1-4-12(17)9-11)19-14-6-2-5-13(18)10-14;10-9(4-5-11)7-2-1-3-8(12)6-7;10-6-2-4-8-3-1-5-9(11)7-8;2*10-8-3-1-2-7(6-8)4-5-9(11)12;10-9-5-1-3-8(7-9)4-2-6-11/h1-10,13-14,21-22H,11-12H2;3-4,6-11,16H,2,5H2,1H3;1-6,9-10,15H,7-8H2;1-3,6,9H,4-5H2;1,3,5,7H,2,4,6H2;1-3,6H,4-5H2,(H,11,12);1-6H,(H,11,12);1,3,5,7,11H,2,4,6H2/b;;;;;;5-4+;. The zero-order valence-corrected chi connectivity index (χ0v) is 71.8. The van der Waals surface area contributed by atoms with Gasteiger partial charge in [-0.05, 0) is 242 Å². The summed E-state index contributed by atoms with van der Waals surface area (Å²) in [6.45, 7) is 2.19. The summed E-state index contributed by atoms with van der Waals surface area (Å²) in [4.78, 5) is 45.7. The van der Waals surface area contributed by atoms with Gasteiger partial charge in [-0.25, -0.2) is 53.1 Å². The molecular formula is C100H93BrCl3F11O10. The number of Topliss-reactive ketones (excluding diaryl/α,β-unsaturated/α-hetero) is 2. The van der Waals surface area contributed by atoms with Gasteiger partial charge in [0.15, 0.2) is 11.6 Å². The van der Waals surface area contributed by atoms with Crippen LogP contribution in [0.25, 0.3) is 6.08 Å². The van der Waals surface area contributed by atoms with Crippen molar-refractivity contribution in [2.24, 2.45) is 5.92 Å². The molecule has 13 rings (SSSR count). The Kier molecular flexibility index (Phi) is 46.8. The van der Waals surface area contributed by atoms with E-state index in [4.69, 9.17) is 64.3 Å². The van der Waals surface area contributed by atoms with E-state index in [0.717, 1.165) is 72.4 Å². The Balaban J connectivity index is 0.000000227. The van der Waals surface area contributed by atoms with Crippen LogP contribution in [-0.4, -0.2) is 63.1 Å². The van der Waals surface area contributed by atoms with Gasteiger partial charge in [0.2, 0.25) is 0 Å². The summed E-state index contributed by atoms with van der Waals surface area (Å²) < 4.78 is 160. The van der Waals surface area contributed by atoms with Crippen molar-refractivity contribution in [2.75, 3.05) is 24.2 Å². The molecule has 0 radical (unpaired) electrons. The second-order valence-corrected chi connectivity index (χ2v) is 29.9. The number of benzene rings is 12. The van der Waals surface area contributed by atoms with Crippen molar-refractivity contribution in [3.63, 3.8) is 0 Å². The average molecular weight is 1850 g/mol. The number of aryl methyl sites for hydroxylation is 3. The lowest BCUT2D eigenvalue weighted by molar-refractivity contribution is -0.137. The van der Waals surface area contributed by atoms with Crippen molar-refractivity contribution < 1.29 is 97.0 Å². The number of hydrogen-bond acceptors (Lipinski definition) is 8. The lowest BCUT2D eigenvalue weighted by Crippen LogP contribution is -2.18. The number of carbonyl (C=O) groups is 4. The fourth-order valence-electron chi connectivity index (χ4n) is 12.1. The highest BCUT2D eigenvalue weighted by Gasteiger charge is 2.38. The largest absolute Gasteiger partial charge is 0.486 e. The van der Waals surface area contributed by atoms with Gasteiger partial charge in [0.1, 0.15) is 99.5 Å². The Labute approximate surface area is 744 Å². The Bertz CT molecular complexity index is 5140. The van der Waals surface area contributed by atoms with Gasteiger partial charge in [0.05, 0.1) is 5.92 Å². The third-order valence-corrected chi connectivity index (χ3v) is 19.7. The Morgan fingerprint density at radius 2 is 0.720 bits per heavy atom. The van der Waals surface area contributed by atoms with Crippen LogP contribution in [0.4, 0.5) is 48.3 Å². The normalized spacial score (nSPS) is 12.0. The monoisotopic (exact) mass is 1850 g/mol. The molecule has 25 heteroatoms. The Hall–Kier alpha value is -11.4. The maximum absolute atomic E-state index is 13.8. The molecule has 0 heterocycles. The van der Waals surface area contributed by atoms with Crippen molar-refractivity contribution in [1.29, 1.82) is 0 Å². The summed E-state index contributed by atoms with van der Waals surface area (Å²) >= 11 is 20.2. The third-order valence-electron chi connectivity index (χ3n) is 18.0. The number of halogens is 15. The average Bonchev–Trinajstić information content (AvgIpc) is 1.64. The molecule has 3 N–H and O–H groups in total. The molecule has 1 aliphatic rings. The maximum atomic E-state index is 13.8. The molecule has 12 aromatic rings. The molecule has 10 nitrogen and oxygen atoms in total. The number of ketones is 2. The van der Waals surface area contributed by atoms with Crippen molar-refractivity contribution in [3.05, 3.63) is 417 Å². The minimum atomic E-state index is -1.04. The SMILES string of the molecule is CCCC(Oc1cccc(F)c1)c1cccc(F)c1.Fc1cccc(C(Br)CCCl)c1.Fc1cccc(CCCCl)c1.Fc1cccc(OC(CCCl)c2cccc(F)c2)c1.O=C(O)/C=C/c1cccc(F)c1.O=C(O)CCc1cccc(F)c1.O=C1c2ccccc2C(=O)C1CCC(Oc1cccc(F)c1)c1cccc(F)c1.OCCCc1cccc(F)c1. The minimum Gasteiger partial charge on any atom is -0.486 e. The zero-order chi connectivity index (χ0) is 90.8. The highest BCUT2D eigenvalue weighted by atomic mass is 79.9. The molecule has 4 unspecified atom stereocenters. The number of hydrogen-bond donors (Lipinski definition) is 3. The van der Waals surface area contributed by atoms with Gasteiger partial charge < -0.3 is 29.5 Å². The highest BCUT2D eigenvalue weighted by Crippen LogP contribution is 2.36. The van der Waals surface area contributed by atoms with Crippen LogP contribution in [0.2, 0.25) is 0 Å². The second-order valence-electron chi connectivity index (χ2n) is 27.7. The van der Waals surface area contributed by atoms with Gasteiger partial charge in [-0.15, -0.1) is 34.8 Å². The number of ether oxygens (including phenoxy) is 3. The quantitative estimate of drug-likeness (QED) is 0.0171. The molecule has 0 saturated carbocycles. The number of aliphatic hydroxyl groups excluding tert-OH is 1. The molecular weight excluding hydrogens is 1760 g/mol. The lowest BCUT2D eigenvalue weighted by Gasteiger charge is -2.21. The first-order valence-electron chi connectivity index (χ1n) is 39.7. The fourth-order valence-corrected chi connectivity index (χ4v) is 13.4. The predicted octanol–water partition coefficient (Wildman–Crippen LogP) is 27.6. The second kappa shape index (κ2) is 57.2. The number of carboxylic acid groups (broad SMARTS) is 2. The van der Waals surface area contributed by atoms with Gasteiger partial charge in [-0.2, -0.15) is 0 Å². The van der Waals surface area contributed by atoms with Gasteiger partial charge >= 0.3 is 11.9 Å². The van der Waals surface area contributed by atoms with Crippen molar-refractivity contribution in [1.82, 2.24) is 0 Å². The number of alkyl halides is 4. The molecule has 658 valence electrons. The van der Waals surface area contributed by atoms with E-state index in [1.54, 1.807) is 127 Å². The summed E-state index contributed by atoms with van der Waals surface area (Å²) in [6, 6.07) is 74.0. The van der Waals surface area contributed by atoms with Crippen molar-refractivity contribution in [3.8, 4) is 17.2 Å². The molecule has 0 spiro atoms. The van der Waals surface area contributed by atoms with Crippen LogP contribution in [0, 0.1) is 69.9 Å². The number of carboxylic acids is 2. The van der Waals surface area contributed by atoms with Gasteiger partial charge in [0, 0.05) is 77.3 Å². The maximum Gasteiger partial charge on any atom is 0.328 e. The number of fused-ring (bicyclic) bond motifs is 1. The number of rotatable bonds is 30. The first-order valence-corrected chi connectivity index (χ1v) is 42.2. The van der Waals surface area contributed by atoms with E-state index in [1.165, 1.54) is 146 Å². The third kappa shape index (κ3) is 40.0. The van der Waals surface area contributed by atoms with Crippen LogP contribution in [-0.2, 0) is 28.9 Å². The van der Waals surface area contributed by atoms with E-state index in [2.05, 4.69) is 15.9 Å². The zero-order valence-electron chi connectivity index (χ0n) is 67.9. The summed E-state index contributed by atoms with van der Waals surface area (Å²) in [5, 5.41) is 25.1. The molecule has 0 amide bonds. The Morgan fingerprint density at radius 1 is 0.384 bits per heavy atom. The topological polar surface area (TPSA) is 157 Å². The highest BCUT2D eigenvalue weighted by molar-refractivity contribution is 9.09. The lowest BCUT2D eigenvalue weighted by atomic mass is 9.94. The first-order chi connectivity index (χ1) is 60.1. The van der Waals surface area contributed by atoms with Crippen LogP contribution in [0.1, 0.15) is 153 Å². The summed E-state index contributed by atoms with van der Waals surface area (Å²) in [6.07, 6.45) is 8.19. The first kappa shape index (κ1) is 102. The van der Waals surface area contributed by atoms with E-state index < -0.39 is 41.7 Å². The summed E-state index contributed by atoms with van der Waals surface area (Å²) in [5.74, 6) is -3.82. The van der Waals surface area contributed by atoms with Crippen molar-refractivity contribution >= 4 is 80.3 Å². The van der Waals surface area contributed by atoms with Crippen LogP contribution < -0.4 is 14.2 Å². The molecule has 1 aliphatic carbocycles. The fraction of sp³-hybridized carbons (Fsp3) is 0.220. The van der Waals surface area contributed by atoms with Gasteiger partial charge in [-0.1, -0.05) is 169 Å². The van der Waals surface area contributed by atoms with E-state index in [0.29, 0.717) is 88.4 Å². The van der Waals surface area contributed by atoms with E-state index >= 15 is 0 Å². The van der Waals surface area contributed by atoms with E-state index in [-0.39, 0.29) is 94.3 Å². The molecule has 0 bridgehead atoms. The molecule has 0 saturated heterocycles. The summed E-state index contributed by atoms with van der Waals surface area (Å²) in [7, 11) is 0. The van der Waals surface area contributed by atoms with Gasteiger partial charge in [0.25, 0.3) is 0 Å². The molecule has 0 aromatic heterocycles. The number of carbonyl (C=O) groups excluding carboxylic acids is 2. The Morgan fingerprint density at radius 3 is 1.07 bits per heavy atom. The molecule has 125 heavy (non-hydrogen) atoms.